The summed E-state index contributed by atoms with van der Waals surface area (Å²) in [5.74, 6) is 9.88. The van der Waals surface area contributed by atoms with Gasteiger partial charge in [0.05, 0.1) is 5.58 Å². The second kappa shape index (κ2) is 16.6. The third kappa shape index (κ3) is 7.70. The molecule has 1 radical (unpaired) electrons. The Bertz CT molecular complexity index is 2970. The van der Waals surface area contributed by atoms with Gasteiger partial charge in [-0.25, -0.2) is 0 Å². The first-order valence-corrected chi connectivity index (χ1v) is 28.7. The van der Waals surface area contributed by atoms with Crippen molar-refractivity contribution in [3.63, 3.8) is 0 Å². The molecule has 0 amide bonds. The van der Waals surface area contributed by atoms with Crippen LogP contribution in [-0.4, -0.2) is 23.2 Å². The van der Waals surface area contributed by atoms with Gasteiger partial charge in [-0.15, -0.1) is 23.8 Å². The first kappa shape index (κ1) is 40.6. The molecular formula is C54H50GeIrN2O2-2. The van der Waals surface area contributed by atoms with Gasteiger partial charge in [0.25, 0.3) is 0 Å². The van der Waals surface area contributed by atoms with Crippen LogP contribution < -0.4 is 4.40 Å². The molecule has 1 unspecified atom stereocenters. The first-order chi connectivity index (χ1) is 28.7. The van der Waals surface area contributed by atoms with Crippen LogP contribution in [0.3, 0.4) is 0 Å². The number of hydrogen-bond acceptors (Lipinski definition) is 4. The third-order valence-electron chi connectivity index (χ3n) is 13.2. The molecule has 2 bridgehead atoms. The van der Waals surface area contributed by atoms with Crippen LogP contribution in [0.1, 0.15) is 48.8 Å². The zero-order valence-electron chi connectivity index (χ0n) is 35.1. The summed E-state index contributed by atoms with van der Waals surface area (Å²) in [6.07, 6.45) is 12.4. The summed E-state index contributed by atoms with van der Waals surface area (Å²) >= 11 is -1.83. The van der Waals surface area contributed by atoms with Crippen molar-refractivity contribution in [2.24, 2.45) is 17.8 Å². The Hall–Kier alpha value is -4.81. The minimum Gasteiger partial charge on any atom is 0 e. The molecule has 5 aromatic carbocycles. The molecule has 4 heterocycles. The fourth-order valence-electron chi connectivity index (χ4n) is 10.1. The van der Waals surface area contributed by atoms with E-state index in [2.05, 4.69) is 122 Å². The second-order valence-corrected chi connectivity index (χ2v) is 28.7. The predicted molar refractivity (Wildman–Crippen MR) is 247 cm³/mol. The Morgan fingerprint density at radius 2 is 1.48 bits per heavy atom. The van der Waals surface area contributed by atoms with Gasteiger partial charge in [-0.1, -0.05) is 60.2 Å². The van der Waals surface area contributed by atoms with E-state index in [1.54, 1.807) is 0 Å². The zero-order valence-corrected chi connectivity index (χ0v) is 39.6. The largest absolute Gasteiger partial charge is 0 e. The van der Waals surface area contributed by atoms with Gasteiger partial charge in [-0.3, -0.25) is 0 Å². The van der Waals surface area contributed by atoms with Crippen LogP contribution in [0.4, 0.5) is 0 Å². The molecule has 3 saturated carbocycles. The Labute approximate surface area is 369 Å². The van der Waals surface area contributed by atoms with Crippen molar-refractivity contribution in [2.75, 3.05) is 0 Å². The van der Waals surface area contributed by atoms with E-state index >= 15 is 0 Å². The second-order valence-electron chi connectivity index (χ2n) is 18.1. The van der Waals surface area contributed by atoms with E-state index in [1.165, 1.54) is 76.1 Å². The quantitative estimate of drug-likeness (QED) is 0.123. The minimum absolute atomic E-state index is 0. The maximum Gasteiger partial charge on any atom is 0 e. The number of aryl methyl sites for hydroxylation is 2. The Morgan fingerprint density at radius 1 is 0.700 bits per heavy atom. The van der Waals surface area contributed by atoms with Crippen LogP contribution in [0, 0.1) is 43.7 Å². The van der Waals surface area contributed by atoms with Crippen LogP contribution >= 0.6 is 0 Å². The van der Waals surface area contributed by atoms with Crippen LogP contribution in [0.2, 0.25) is 17.3 Å². The maximum atomic E-state index is 6.39. The van der Waals surface area contributed by atoms with E-state index in [0.717, 1.165) is 78.8 Å². The van der Waals surface area contributed by atoms with Crippen molar-refractivity contribution in [1.29, 1.82) is 0 Å². The maximum absolute atomic E-state index is 6.39. The number of nitrogens with zero attached hydrogens (tertiary/aromatic N) is 2. The number of benzene rings is 5. The van der Waals surface area contributed by atoms with Crippen LogP contribution in [0.25, 0.3) is 77.5 Å². The standard InChI is InChI=1S/C34H32NO.C20H18GeNO.Ir/c1-21-16-30-29-20-27(12-13-32(29)36-34(30)22(2)33(21)26-6-4-3-5-7-26)31-19-24(14-15-35-31)18-28-17-23-8-10-25(28)11-9-23;1-21(2,3)14-11-12-18(22-13-14)17-9-6-8-16-15-7-4-5-10-19(15)23-20(16)17;/h3-7,13-16,19-20,23,25,28H,8-11,17-18H2,1-2H3;4-8,10-13H,1-3H3;/q2*-1;. The molecular weight excluding hydrogens is 973 g/mol. The van der Waals surface area contributed by atoms with E-state index in [-0.39, 0.29) is 20.1 Å². The molecule has 3 fully saturated rings. The molecule has 0 N–H and O–H groups in total. The first-order valence-electron chi connectivity index (χ1n) is 21.4. The summed E-state index contributed by atoms with van der Waals surface area (Å²) in [5.41, 5.74) is 13.9. The van der Waals surface area contributed by atoms with Gasteiger partial charge < -0.3 is 9.40 Å². The van der Waals surface area contributed by atoms with Crippen molar-refractivity contribution < 1.29 is 28.9 Å². The Kier molecular flexibility index (Phi) is 11.2. The molecule has 1 atom stereocenters. The van der Waals surface area contributed by atoms with Gasteiger partial charge in [0, 0.05) is 31.7 Å². The Morgan fingerprint density at radius 3 is 2.23 bits per heavy atom. The third-order valence-corrected chi connectivity index (χ3v) is 17.5. The van der Waals surface area contributed by atoms with Crippen molar-refractivity contribution in [1.82, 2.24) is 9.97 Å². The van der Waals surface area contributed by atoms with Crippen LogP contribution in [0.5, 0.6) is 0 Å². The smallest absolute Gasteiger partial charge is 0 e. The molecule has 303 valence electrons. The molecule has 9 aromatic rings. The van der Waals surface area contributed by atoms with Gasteiger partial charge in [0.1, 0.15) is 5.58 Å². The molecule has 12 rings (SSSR count). The molecule has 0 aliphatic heterocycles. The fourth-order valence-corrected chi connectivity index (χ4v) is 12.2. The fraction of sp³-hybridized carbons (Fsp3) is 0.259. The molecule has 4 aromatic heterocycles. The number of hydrogen-bond donors (Lipinski definition) is 0. The van der Waals surface area contributed by atoms with Gasteiger partial charge in [-0.2, -0.15) is 0 Å². The van der Waals surface area contributed by atoms with Crippen molar-refractivity contribution in [3.05, 3.63) is 150 Å². The molecule has 0 spiro atoms. The normalized spacial score (nSPS) is 17.5. The summed E-state index contributed by atoms with van der Waals surface area (Å²) in [4.78, 5) is 9.44. The number of fused-ring (bicyclic) bond motifs is 9. The van der Waals surface area contributed by atoms with E-state index < -0.39 is 13.3 Å². The summed E-state index contributed by atoms with van der Waals surface area (Å²) in [5, 5.41) is 4.57. The predicted octanol–water partition coefficient (Wildman–Crippen LogP) is 14.1. The minimum atomic E-state index is -1.83. The number of aromatic nitrogens is 2. The molecule has 0 saturated heterocycles. The zero-order chi connectivity index (χ0) is 40.3. The molecule has 3 aliphatic carbocycles. The van der Waals surface area contributed by atoms with Crippen molar-refractivity contribution in [3.8, 4) is 33.6 Å². The van der Waals surface area contributed by atoms with E-state index in [4.69, 9.17) is 18.8 Å². The number of furan rings is 2. The van der Waals surface area contributed by atoms with Crippen LogP contribution in [0.15, 0.2) is 130 Å². The average Bonchev–Trinajstić information content (AvgIpc) is 3.83. The Balaban J connectivity index is 0.000000167. The van der Waals surface area contributed by atoms with Crippen molar-refractivity contribution in [2.45, 2.75) is 69.6 Å². The molecule has 3 aliphatic rings. The topological polar surface area (TPSA) is 52.1 Å². The summed E-state index contributed by atoms with van der Waals surface area (Å²) in [7, 11) is 0. The van der Waals surface area contributed by atoms with Gasteiger partial charge in [0.2, 0.25) is 0 Å². The van der Waals surface area contributed by atoms with Crippen molar-refractivity contribution >= 4 is 61.5 Å². The average molecular weight is 1020 g/mol. The number of pyridine rings is 2. The van der Waals surface area contributed by atoms with Gasteiger partial charge in [-0.05, 0) is 97.4 Å². The molecule has 6 heteroatoms. The monoisotopic (exact) mass is 1030 g/mol. The van der Waals surface area contributed by atoms with E-state index in [1.807, 2.05) is 42.7 Å². The van der Waals surface area contributed by atoms with Crippen LogP contribution in [-0.2, 0) is 26.5 Å². The SMILES string of the molecule is Cc1cc2c(oc3c[c-]c(-c4cc(CC5CC6CCC5CC6)ccn4)cc32)c(C)c1-c1ccccc1.[CH3][Ge]([CH3])([CH3])[c]1ccc(-c2[c-]ccc3c2oc2ccccc23)nc1.[Ir]. The summed E-state index contributed by atoms with van der Waals surface area (Å²) in [6, 6.07) is 44.9. The van der Waals surface area contributed by atoms with Gasteiger partial charge >= 0.3 is 138 Å². The van der Waals surface area contributed by atoms with Gasteiger partial charge in [0.15, 0.2) is 0 Å². The molecule has 4 nitrogen and oxygen atoms in total. The van der Waals surface area contributed by atoms with E-state index in [9.17, 15) is 0 Å². The number of rotatable bonds is 6. The summed E-state index contributed by atoms with van der Waals surface area (Å²) in [6.45, 7) is 4.38. The number of para-hydroxylation sites is 1. The summed E-state index contributed by atoms with van der Waals surface area (Å²) < 4.78 is 13.9. The van der Waals surface area contributed by atoms with E-state index in [0.29, 0.717) is 0 Å². The molecule has 60 heavy (non-hydrogen) atoms.